The van der Waals surface area contributed by atoms with Crippen LogP contribution in [0, 0.1) is 0 Å². The van der Waals surface area contributed by atoms with Gasteiger partial charge in [0.2, 0.25) is 0 Å². The molecule has 0 atom stereocenters. The van der Waals surface area contributed by atoms with Gasteiger partial charge in [0, 0.05) is 5.56 Å². The zero-order chi connectivity index (χ0) is 22.5. The van der Waals surface area contributed by atoms with Gasteiger partial charge in [0.25, 0.3) is 5.91 Å². The second kappa shape index (κ2) is 9.83. The van der Waals surface area contributed by atoms with E-state index in [4.69, 9.17) is 16.3 Å². The summed E-state index contributed by atoms with van der Waals surface area (Å²) in [5.74, 6) is 0.461. The highest BCUT2D eigenvalue weighted by Crippen LogP contribution is 2.27. The number of halogens is 1. The predicted octanol–water partition coefficient (Wildman–Crippen LogP) is 6.07. The third kappa shape index (κ3) is 4.92. The molecule has 0 fully saturated rings. The Morgan fingerprint density at radius 2 is 1.69 bits per heavy atom. The van der Waals surface area contributed by atoms with Crippen molar-refractivity contribution in [2.24, 2.45) is 0 Å². The van der Waals surface area contributed by atoms with Crippen LogP contribution in [0.4, 0.5) is 5.69 Å². The van der Waals surface area contributed by atoms with E-state index < -0.39 is 0 Å². The van der Waals surface area contributed by atoms with Crippen LogP contribution in [0.1, 0.15) is 42.6 Å². The molecule has 0 aliphatic rings. The predicted molar refractivity (Wildman–Crippen MR) is 128 cm³/mol. The molecule has 0 saturated heterocycles. The van der Waals surface area contributed by atoms with E-state index in [1.165, 1.54) is 18.4 Å². The summed E-state index contributed by atoms with van der Waals surface area (Å²) in [4.78, 5) is 14.2. The summed E-state index contributed by atoms with van der Waals surface area (Å²) in [6.07, 6.45) is 3.41. The number of benzene rings is 3. The molecule has 6 nitrogen and oxygen atoms in total. The zero-order valence-electron chi connectivity index (χ0n) is 18.1. The minimum absolute atomic E-state index is 0.260. The molecule has 1 aromatic heterocycles. The third-order valence-corrected chi connectivity index (χ3v) is 5.44. The number of hydrogen-bond acceptors (Lipinski definition) is 4. The number of aryl methyl sites for hydroxylation is 1. The van der Waals surface area contributed by atoms with Gasteiger partial charge in [-0.25, -0.2) is 0 Å². The van der Waals surface area contributed by atoms with E-state index in [-0.39, 0.29) is 5.91 Å². The lowest BCUT2D eigenvalue weighted by atomic mass is 10.1. The molecule has 4 rings (SSSR count). The highest BCUT2D eigenvalue weighted by atomic mass is 35.5. The number of nitrogens with zero attached hydrogens (tertiary/aromatic N) is 3. The quantitative estimate of drug-likeness (QED) is 0.355. The van der Waals surface area contributed by atoms with E-state index in [2.05, 4.69) is 34.6 Å². The number of anilines is 1. The number of unbranched alkanes of at least 4 members (excludes halogenated alkanes) is 1. The lowest BCUT2D eigenvalue weighted by Crippen LogP contribution is -2.12. The van der Waals surface area contributed by atoms with Gasteiger partial charge in [-0.05, 0) is 73.9 Å². The minimum Gasteiger partial charge on any atom is -0.494 e. The molecule has 0 saturated carbocycles. The van der Waals surface area contributed by atoms with Crippen LogP contribution >= 0.6 is 11.6 Å². The smallest absolute Gasteiger partial charge is 0.255 e. The zero-order valence-corrected chi connectivity index (χ0v) is 18.9. The molecule has 0 bridgehead atoms. The van der Waals surface area contributed by atoms with Crippen molar-refractivity contribution in [3.63, 3.8) is 0 Å². The molecule has 0 spiro atoms. The van der Waals surface area contributed by atoms with Crippen molar-refractivity contribution in [1.29, 1.82) is 0 Å². The molecule has 0 aliphatic heterocycles. The number of carbonyl (C=O) groups is 1. The maximum absolute atomic E-state index is 12.7. The van der Waals surface area contributed by atoms with Gasteiger partial charge in [-0.1, -0.05) is 37.1 Å². The van der Waals surface area contributed by atoms with Crippen molar-refractivity contribution in [1.82, 2.24) is 15.0 Å². The molecule has 0 radical (unpaired) electrons. The average Bonchev–Trinajstić information content (AvgIpc) is 3.21. The molecule has 164 valence electrons. The monoisotopic (exact) mass is 448 g/mol. The Morgan fingerprint density at radius 3 is 2.34 bits per heavy atom. The van der Waals surface area contributed by atoms with Gasteiger partial charge in [0.05, 0.1) is 23.0 Å². The van der Waals surface area contributed by atoms with E-state index >= 15 is 0 Å². The fourth-order valence-corrected chi connectivity index (χ4v) is 3.59. The summed E-state index contributed by atoms with van der Waals surface area (Å²) in [6, 6.07) is 18.7. The van der Waals surface area contributed by atoms with Crippen molar-refractivity contribution in [2.75, 3.05) is 11.9 Å². The molecular weight excluding hydrogens is 424 g/mol. The Bertz CT molecular complexity index is 1220. The highest BCUT2D eigenvalue weighted by molar-refractivity contribution is 6.34. The van der Waals surface area contributed by atoms with Crippen LogP contribution in [-0.2, 0) is 6.42 Å². The van der Waals surface area contributed by atoms with Gasteiger partial charge >= 0.3 is 0 Å². The third-order valence-electron chi connectivity index (χ3n) is 5.13. The van der Waals surface area contributed by atoms with Gasteiger partial charge in [-0.3, -0.25) is 4.79 Å². The second-order valence-corrected chi connectivity index (χ2v) is 7.90. The summed E-state index contributed by atoms with van der Waals surface area (Å²) in [7, 11) is 0. The SMILES string of the molecule is CCCCc1ccc(-n2nc3cc(Cl)c(NC(=O)c4ccc(OCC)cc4)cc3n2)cc1. The molecule has 32 heavy (non-hydrogen) atoms. The summed E-state index contributed by atoms with van der Waals surface area (Å²) in [5.41, 5.74) is 4.47. The fourth-order valence-electron chi connectivity index (χ4n) is 3.39. The van der Waals surface area contributed by atoms with Gasteiger partial charge in [0.15, 0.2) is 0 Å². The topological polar surface area (TPSA) is 69.0 Å². The van der Waals surface area contributed by atoms with Gasteiger partial charge in [0.1, 0.15) is 16.8 Å². The van der Waals surface area contributed by atoms with Gasteiger partial charge in [-0.15, -0.1) is 10.2 Å². The first-order valence-electron chi connectivity index (χ1n) is 10.8. The van der Waals surface area contributed by atoms with Crippen LogP contribution in [0.5, 0.6) is 5.75 Å². The Balaban J connectivity index is 1.53. The van der Waals surface area contributed by atoms with Crippen molar-refractivity contribution in [3.8, 4) is 11.4 Å². The molecule has 7 heteroatoms. The van der Waals surface area contributed by atoms with Crippen LogP contribution < -0.4 is 10.1 Å². The van der Waals surface area contributed by atoms with Crippen molar-refractivity contribution < 1.29 is 9.53 Å². The molecular formula is C25H25ClN4O2. The number of hydrogen-bond donors (Lipinski definition) is 1. The number of ether oxygens (including phenoxy) is 1. The van der Waals surface area contributed by atoms with Crippen molar-refractivity contribution in [3.05, 3.63) is 76.8 Å². The molecule has 1 N–H and O–H groups in total. The molecule has 4 aromatic rings. The summed E-state index contributed by atoms with van der Waals surface area (Å²) in [5, 5.41) is 12.4. The number of amides is 1. The lowest BCUT2D eigenvalue weighted by molar-refractivity contribution is 0.102. The van der Waals surface area contributed by atoms with Crippen LogP contribution in [0.15, 0.2) is 60.7 Å². The largest absolute Gasteiger partial charge is 0.494 e. The molecule has 0 unspecified atom stereocenters. The number of nitrogens with one attached hydrogen (secondary N) is 1. The van der Waals surface area contributed by atoms with E-state index in [0.717, 1.165) is 17.9 Å². The lowest BCUT2D eigenvalue weighted by Gasteiger charge is -2.08. The van der Waals surface area contributed by atoms with E-state index in [1.807, 2.05) is 19.1 Å². The van der Waals surface area contributed by atoms with E-state index in [9.17, 15) is 4.79 Å². The molecule has 1 amide bonds. The molecule has 1 heterocycles. The van der Waals surface area contributed by atoms with Crippen LogP contribution in [-0.4, -0.2) is 27.5 Å². The van der Waals surface area contributed by atoms with Gasteiger partial charge in [-0.2, -0.15) is 4.80 Å². The normalized spacial score (nSPS) is 11.0. The molecule has 0 aliphatic carbocycles. The maximum atomic E-state index is 12.7. The Hall–Kier alpha value is -3.38. The summed E-state index contributed by atoms with van der Waals surface area (Å²) < 4.78 is 5.42. The fraction of sp³-hybridized carbons (Fsp3) is 0.240. The van der Waals surface area contributed by atoms with Crippen LogP contribution in [0.3, 0.4) is 0 Å². The first-order chi connectivity index (χ1) is 15.6. The van der Waals surface area contributed by atoms with Crippen LogP contribution in [0.25, 0.3) is 16.7 Å². The summed E-state index contributed by atoms with van der Waals surface area (Å²) in [6.45, 7) is 4.68. The molecule has 3 aromatic carbocycles. The Kier molecular flexibility index (Phi) is 6.71. The van der Waals surface area contributed by atoms with Gasteiger partial charge < -0.3 is 10.1 Å². The maximum Gasteiger partial charge on any atom is 0.255 e. The van der Waals surface area contributed by atoms with Crippen molar-refractivity contribution >= 4 is 34.2 Å². The number of fused-ring (bicyclic) bond motifs is 1. The number of carbonyl (C=O) groups excluding carboxylic acids is 1. The van der Waals surface area contributed by atoms with E-state index in [1.54, 1.807) is 41.2 Å². The first-order valence-corrected chi connectivity index (χ1v) is 11.1. The first kappa shape index (κ1) is 21.8. The second-order valence-electron chi connectivity index (χ2n) is 7.49. The van der Waals surface area contributed by atoms with Crippen molar-refractivity contribution in [2.45, 2.75) is 33.1 Å². The Morgan fingerprint density at radius 1 is 1.00 bits per heavy atom. The van der Waals surface area contributed by atoms with Crippen LogP contribution in [0.2, 0.25) is 5.02 Å². The van der Waals surface area contributed by atoms with E-state index in [0.29, 0.717) is 33.9 Å². The Labute approximate surface area is 192 Å². The standard InChI is InChI=1S/C25H25ClN4O2/c1-3-5-6-17-7-11-19(12-8-17)30-28-23-15-21(26)22(16-24(23)29-30)27-25(31)18-9-13-20(14-10-18)32-4-2/h7-16H,3-6H2,1-2H3,(H,27,31). The average molecular weight is 449 g/mol. The summed E-state index contributed by atoms with van der Waals surface area (Å²) >= 11 is 6.41. The minimum atomic E-state index is -0.260. The highest BCUT2D eigenvalue weighted by Gasteiger charge is 2.13. The number of aromatic nitrogens is 3. The number of rotatable bonds is 8.